The van der Waals surface area contributed by atoms with Gasteiger partial charge < -0.3 is 19.6 Å². The first-order valence-electron chi connectivity index (χ1n) is 10.0. The molecule has 1 fully saturated rings. The first-order chi connectivity index (χ1) is 13.5. The summed E-state index contributed by atoms with van der Waals surface area (Å²) in [7, 11) is 3.82. The molecule has 152 valence electrons. The monoisotopic (exact) mass is 402 g/mol. The summed E-state index contributed by atoms with van der Waals surface area (Å²) in [5, 5.41) is 10.7. The van der Waals surface area contributed by atoms with Gasteiger partial charge in [-0.1, -0.05) is 23.7 Å². The van der Waals surface area contributed by atoms with Gasteiger partial charge in [-0.2, -0.15) is 0 Å². The van der Waals surface area contributed by atoms with E-state index < -0.39 is 0 Å². The number of piperidine rings is 1. The minimum atomic E-state index is 0.324. The molecule has 4 nitrogen and oxygen atoms in total. The zero-order valence-corrected chi connectivity index (χ0v) is 17.7. The van der Waals surface area contributed by atoms with Crippen molar-refractivity contribution < 1.29 is 9.84 Å². The molecular formula is C23H31ClN2O2. The molecule has 2 aromatic carbocycles. The van der Waals surface area contributed by atoms with Crippen LogP contribution in [0.15, 0.2) is 42.5 Å². The molecule has 5 heteroatoms. The van der Waals surface area contributed by atoms with E-state index in [4.69, 9.17) is 16.3 Å². The van der Waals surface area contributed by atoms with Crippen molar-refractivity contribution in [1.82, 2.24) is 9.80 Å². The minimum absolute atomic E-state index is 0.324. The third-order valence-electron chi connectivity index (χ3n) is 5.63. The van der Waals surface area contributed by atoms with Crippen molar-refractivity contribution in [3.8, 4) is 11.5 Å². The van der Waals surface area contributed by atoms with Gasteiger partial charge in [0.05, 0.1) is 7.11 Å². The van der Waals surface area contributed by atoms with Crippen LogP contribution >= 0.6 is 11.6 Å². The van der Waals surface area contributed by atoms with Crippen LogP contribution in [0.1, 0.15) is 24.0 Å². The molecule has 0 spiro atoms. The summed E-state index contributed by atoms with van der Waals surface area (Å²) in [5.41, 5.74) is 2.26. The zero-order chi connectivity index (χ0) is 19.9. The van der Waals surface area contributed by atoms with Crippen molar-refractivity contribution >= 4 is 11.6 Å². The van der Waals surface area contributed by atoms with Crippen LogP contribution in [-0.2, 0) is 13.0 Å². The quantitative estimate of drug-likeness (QED) is 0.708. The van der Waals surface area contributed by atoms with Gasteiger partial charge in [0.15, 0.2) is 0 Å². The molecule has 0 atom stereocenters. The van der Waals surface area contributed by atoms with E-state index in [2.05, 4.69) is 29.0 Å². The molecule has 0 aromatic heterocycles. The Labute approximate surface area is 173 Å². The number of aromatic hydroxyl groups is 1. The lowest BCUT2D eigenvalue weighted by molar-refractivity contribution is 0.153. The molecule has 0 radical (unpaired) electrons. The fraction of sp³-hybridized carbons (Fsp3) is 0.478. The van der Waals surface area contributed by atoms with E-state index >= 15 is 0 Å². The summed E-state index contributed by atoms with van der Waals surface area (Å²) < 4.78 is 5.22. The summed E-state index contributed by atoms with van der Waals surface area (Å²) in [5.74, 6) is 1.95. The van der Waals surface area contributed by atoms with Crippen molar-refractivity contribution in [2.75, 3.05) is 40.3 Å². The molecular weight excluding hydrogens is 372 g/mol. The highest BCUT2D eigenvalue weighted by molar-refractivity contribution is 6.30. The highest BCUT2D eigenvalue weighted by atomic mass is 35.5. The number of halogens is 1. The molecule has 1 N–H and O–H groups in total. The number of likely N-dealkylation sites (tertiary alicyclic amines) is 1. The molecule has 1 aliphatic heterocycles. The van der Waals surface area contributed by atoms with E-state index in [0.29, 0.717) is 16.7 Å². The number of phenolic OH excluding ortho intramolecular Hbond substituents is 1. The smallest absolute Gasteiger partial charge is 0.120 e. The van der Waals surface area contributed by atoms with Gasteiger partial charge in [0.25, 0.3) is 0 Å². The highest BCUT2D eigenvalue weighted by Crippen LogP contribution is 2.24. The summed E-state index contributed by atoms with van der Waals surface area (Å²) in [6, 6.07) is 13.6. The van der Waals surface area contributed by atoms with Crippen LogP contribution in [-0.4, -0.2) is 55.2 Å². The van der Waals surface area contributed by atoms with Gasteiger partial charge in [0.1, 0.15) is 11.5 Å². The number of hydrogen-bond acceptors (Lipinski definition) is 4. The number of ether oxygens (including phenoxy) is 1. The van der Waals surface area contributed by atoms with Gasteiger partial charge in [-0.05, 0) is 81.2 Å². The summed E-state index contributed by atoms with van der Waals surface area (Å²) in [4.78, 5) is 4.87. The van der Waals surface area contributed by atoms with Gasteiger partial charge in [-0.15, -0.1) is 0 Å². The predicted molar refractivity (Wildman–Crippen MR) is 115 cm³/mol. The Morgan fingerprint density at radius 3 is 2.54 bits per heavy atom. The van der Waals surface area contributed by atoms with Gasteiger partial charge in [0, 0.05) is 30.2 Å². The highest BCUT2D eigenvalue weighted by Gasteiger charge is 2.20. The molecule has 0 unspecified atom stereocenters. The maximum absolute atomic E-state index is 10.0. The van der Waals surface area contributed by atoms with Crippen LogP contribution < -0.4 is 4.74 Å². The Bertz CT molecular complexity index is 743. The molecule has 28 heavy (non-hydrogen) atoms. The SMILES string of the molecule is COc1ccc(CCN2CCC(CN(C)Cc3cc(Cl)ccc3O)CC2)cc1. The Hall–Kier alpha value is -1.75. The molecule has 1 heterocycles. The zero-order valence-electron chi connectivity index (χ0n) is 16.9. The van der Waals surface area contributed by atoms with Gasteiger partial charge >= 0.3 is 0 Å². The van der Waals surface area contributed by atoms with E-state index in [1.165, 1.54) is 18.4 Å². The van der Waals surface area contributed by atoms with E-state index in [9.17, 15) is 5.11 Å². The van der Waals surface area contributed by atoms with Crippen LogP contribution in [0.4, 0.5) is 0 Å². The van der Waals surface area contributed by atoms with E-state index in [1.54, 1.807) is 19.2 Å². The lowest BCUT2D eigenvalue weighted by Gasteiger charge is -2.34. The lowest BCUT2D eigenvalue weighted by atomic mass is 9.95. The lowest BCUT2D eigenvalue weighted by Crippen LogP contribution is -2.38. The summed E-state index contributed by atoms with van der Waals surface area (Å²) >= 11 is 6.06. The Kier molecular flexibility index (Phi) is 7.60. The molecule has 0 bridgehead atoms. The van der Waals surface area contributed by atoms with Crippen molar-refractivity contribution in [1.29, 1.82) is 0 Å². The molecule has 0 aliphatic carbocycles. The van der Waals surface area contributed by atoms with Crippen molar-refractivity contribution in [3.63, 3.8) is 0 Å². The first-order valence-corrected chi connectivity index (χ1v) is 10.4. The van der Waals surface area contributed by atoms with Gasteiger partial charge in [-0.25, -0.2) is 0 Å². The number of phenols is 1. The van der Waals surface area contributed by atoms with Crippen molar-refractivity contribution in [2.45, 2.75) is 25.8 Å². The molecule has 1 saturated heterocycles. The molecule has 1 aliphatic rings. The minimum Gasteiger partial charge on any atom is -0.508 e. The Balaban J connectivity index is 1.39. The van der Waals surface area contributed by atoms with Gasteiger partial charge in [-0.3, -0.25) is 0 Å². The fourth-order valence-corrected chi connectivity index (χ4v) is 4.14. The molecule has 2 aromatic rings. The third kappa shape index (κ3) is 6.13. The van der Waals surface area contributed by atoms with Crippen LogP contribution in [0, 0.1) is 5.92 Å². The molecule has 3 rings (SSSR count). The van der Waals surface area contributed by atoms with E-state index in [1.807, 2.05) is 18.2 Å². The normalized spacial score (nSPS) is 15.9. The maximum Gasteiger partial charge on any atom is 0.120 e. The number of benzene rings is 2. The topological polar surface area (TPSA) is 35.9 Å². The standard InChI is InChI=1S/C23H31ClN2O2/c1-25(17-20-15-21(24)5-8-23(20)27)16-19-10-13-26(14-11-19)12-9-18-3-6-22(28-2)7-4-18/h3-8,15,19,27H,9-14,16-17H2,1-2H3. The number of rotatable bonds is 8. The average molecular weight is 403 g/mol. The maximum atomic E-state index is 10.0. The predicted octanol–water partition coefficient (Wildman–Crippen LogP) is 4.44. The van der Waals surface area contributed by atoms with E-state index in [0.717, 1.165) is 50.5 Å². The van der Waals surface area contributed by atoms with Crippen molar-refractivity contribution in [2.24, 2.45) is 5.92 Å². The molecule has 0 saturated carbocycles. The van der Waals surface area contributed by atoms with Crippen LogP contribution in [0.5, 0.6) is 11.5 Å². The number of nitrogens with zero attached hydrogens (tertiary/aromatic N) is 2. The van der Waals surface area contributed by atoms with Crippen molar-refractivity contribution in [3.05, 3.63) is 58.6 Å². The summed E-state index contributed by atoms with van der Waals surface area (Å²) in [6.45, 7) is 5.22. The fourth-order valence-electron chi connectivity index (χ4n) is 3.95. The largest absolute Gasteiger partial charge is 0.508 e. The first kappa shape index (κ1) is 21.0. The van der Waals surface area contributed by atoms with Crippen LogP contribution in [0.2, 0.25) is 5.02 Å². The third-order valence-corrected chi connectivity index (χ3v) is 5.87. The van der Waals surface area contributed by atoms with E-state index in [-0.39, 0.29) is 0 Å². The average Bonchev–Trinajstić information content (AvgIpc) is 2.70. The second-order valence-electron chi connectivity index (χ2n) is 7.85. The number of hydrogen-bond donors (Lipinski definition) is 1. The Morgan fingerprint density at radius 2 is 1.86 bits per heavy atom. The second-order valence-corrected chi connectivity index (χ2v) is 8.29. The Morgan fingerprint density at radius 1 is 1.14 bits per heavy atom. The van der Waals surface area contributed by atoms with Crippen LogP contribution in [0.25, 0.3) is 0 Å². The second kappa shape index (κ2) is 10.1. The number of methoxy groups -OCH3 is 1. The van der Waals surface area contributed by atoms with Crippen LogP contribution in [0.3, 0.4) is 0 Å². The summed E-state index contributed by atoms with van der Waals surface area (Å²) in [6.07, 6.45) is 3.55. The van der Waals surface area contributed by atoms with Gasteiger partial charge in [0.2, 0.25) is 0 Å². The molecule has 0 amide bonds.